The van der Waals surface area contributed by atoms with Crippen LogP contribution in [0.2, 0.25) is 0 Å². The molecule has 0 amide bonds. The van der Waals surface area contributed by atoms with E-state index in [-0.39, 0.29) is 13.0 Å². The average molecular weight is 290 g/mol. The number of nitrogens with one attached hydrogen (secondary N) is 1. The number of aromatic nitrogens is 1. The Labute approximate surface area is 117 Å². The van der Waals surface area contributed by atoms with Crippen molar-refractivity contribution < 1.29 is 17.9 Å². The van der Waals surface area contributed by atoms with Gasteiger partial charge < -0.3 is 10.1 Å². The first kappa shape index (κ1) is 16.8. The Kier molecular flexibility index (Phi) is 6.78. The van der Waals surface area contributed by atoms with Crippen LogP contribution in [0.1, 0.15) is 37.4 Å². The second-order valence-corrected chi connectivity index (χ2v) is 4.70. The van der Waals surface area contributed by atoms with Gasteiger partial charge in [-0.15, -0.1) is 0 Å². The summed E-state index contributed by atoms with van der Waals surface area (Å²) in [5.74, 6) is 0.389. The topological polar surface area (TPSA) is 34.2 Å². The molecule has 0 aliphatic heterocycles. The summed E-state index contributed by atoms with van der Waals surface area (Å²) in [6.45, 7) is 5.57. The Morgan fingerprint density at radius 3 is 2.70 bits per heavy atom. The molecular weight excluding hydrogens is 269 g/mol. The zero-order chi connectivity index (χ0) is 15.0. The maximum Gasteiger partial charge on any atom is 0.389 e. The van der Waals surface area contributed by atoms with Gasteiger partial charge in [0.2, 0.25) is 5.88 Å². The van der Waals surface area contributed by atoms with Gasteiger partial charge in [0.1, 0.15) is 0 Å². The van der Waals surface area contributed by atoms with Crippen molar-refractivity contribution >= 4 is 0 Å². The second kappa shape index (κ2) is 8.09. The summed E-state index contributed by atoms with van der Waals surface area (Å²) in [6, 6.07) is 3.70. The van der Waals surface area contributed by atoms with Crippen LogP contribution in [-0.2, 0) is 6.54 Å². The largest absolute Gasteiger partial charge is 0.478 e. The van der Waals surface area contributed by atoms with E-state index in [0.717, 1.165) is 24.2 Å². The van der Waals surface area contributed by atoms with Gasteiger partial charge in [0.05, 0.1) is 6.61 Å². The zero-order valence-electron chi connectivity index (χ0n) is 11.9. The first-order valence-corrected chi connectivity index (χ1v) is 6.78. The molecule has 0 spiro atoms. The van der Waals surface area contributed by atoms with Crippen LogP contribution >= 0.6 is 0 Å². The number of hydrogen-bond donors (Lipinski definition) is 1. The Hall–Kier alpha value is -1.30. The zero-order valence-corrected chi connectivity index (χ0v) is 11.9. The smallest absolute Gasteiger partial charge is 0.389 e. The van der Waals surface area contributed by atoms with Crippen LogP contribution in [0.3, 0.4) is 0 Å². The molecule has 0 fully saturated rings. The number of rotatable bonds is 8. The maximum absolute atomic E-state index is 12.0. The Morgan fingerprint density at radius 2 is 2.05 bits per heavy atom. The van der Waals surface area contributed by atoms with E-state index >= 15 is 0 Å². The Balaban J connectivity index is 2.44. The highest BCUT2D eigenvalue weighted by atomic mass is 19.4. The molecule has 0 aromatic carbocycles. The van der Waals surface area contributed by atoms with Crippen molar-refractivity contribution in [3.63, 3.8) is 0 Å². The summed E-state index contributed by atoms with van der Waals surface area (Å²) in [4.78, 5) is 4.16. The van der Waals surface area contributed by atoms with Gasteiger partial charge in [-0.3, -0.25) is 0 Å². The predicted octanol–water partition coefficient (Wildman–Crippen LogP) is 3.61. The van der Waals surface area contributed by atoms with Crippen molar-refractivity contribution in [2.75, 3.05) is 13.2 Å². The Bertz CT molecular complexity index is 408. The maximum atomic E-state index is 12.0. The van der Waals surface area contributed by atoms with Gasteiger partial charge in [-0.25, -0.2) is 4.98 Å². The number of alkyl halides is 3. The van der Waals surface area contributed by atoms with Gasteiger partial charge in [-0.2, -0.15) is 13.2 Å². The first-order chi connectivity index (χ1) is 9.40. The van der Waals surface area contributed by atoms with E-state index in [1.54, 1.807) is 6.07 Å². The molecule has 0 bridgehead atoms. The van der Waals surface area contributed by atoms with Gasteiger partial charge in [-0.1, -0.05) is 6.92 Å². The molecule has 6 heteroatoms. The molecule has 1 aromatic heterocycles. The molecule has 0 unspecified atom stereocenters. The third-order valence-electron chi connectivity index (χ3n) is 2.60. The lowest BCUT2D eigenvalue weighted by Crippen LogP contribution is -2.14. The van der Waals surface area contributed by atoms with Crippen molar-refractivity contribution in [1.29, 1.82) is 0 Å². The molecule has 0 saturated heterocycles. The molecule has 3 nitrogen and oxygen atoms in total. The standard InChI is InChI=1S/C14H21F3N2O/c1-3-6-18-10-12-8-11(2)19-13(9-12)20-7-4-5-14(15,16)17/h8-9,18H,3-7,10H2,1-2H3. The summed E-state index contributed by atoms with van der Waals surface area (Å²) >= 11 is 0. The number of aryl methyl sites for hydroxylation is 1. The number of hydrogen-bond acceptors (Lipinski definition) is 3. The van der Waals surface area contributed by atoms with Crippen LogP contribution < -0.4 is 10.1 Å². The van der Waals surface area contributed by atoms with Crippen molar-refractivity contribution in [1.82, 2.24) is 10.3 Å². The average Bonchev–Trinajstić information content (AvgIpc) is 2.33. The van der Waals surface area contributed by atoms with Crippen molar-refractivity contribution in [3.8, 4) is 5.88 Å². The molecule has 1 rings (SSSR count). The van der Waals surface area contributed by atoms with Crippen LogP contribution in [0.4, 0.5) is 13.2 Å². The minimum Gasteiger partial charge on any atom is -0.478 e. The van der Waals surface area contributed by atoms with Crippen LogP contribution in [0.25, 0.3) is 0 Å². The van der Waals surface area contributed by atoms with Gasteiger partial charge in [0.25, 0.3) is 0 Å². The SMILES string of the molecule is CCCNCc1cc(C)nc(OCCCC(F)(F)F)c1. The highest BCUT2D eigenvalue weighted by Gasteiger charge is 2.26. The van der Waals surface area contributed by atoms with E-state index in [4.69, 9.17) is 4.74 Å². The summed E-state index contributed by atoms with van der Waals surface area (Å²) in [5.41, 5.74) is 1.82. The van der Waals surface area contributed by atoms with Gasteiger partial charge in [-0.05, 0) is 37.9 Å². The van der Waals surface area contributed by atoms with Gasteiger partial charge in [0, 0.05) is 24.7 Å². The predicted molar refractivity (Wildman–Crippen MR) is 71.8 cm³/mol. The van der Waals surface area contributed by atoms with E-state index < -0.39 is 12.6 Å². The fourth-order valence-electron chi connectivity index (χ4n) is 1.74. The molecule has 114 valence electrons. The molecule has 1 heterocycles. The lowest BCUT2D eigenvalue weighted by Gasteiger charge is -2.10. The highest BCUT2D eigenvalue weighted by molar-refractivity contribution is 5.24. The monoisotopic (exact) mass is 290 g/mol. The molecule has 0 saturated carbocycles. The molecular formula is C14H21F3N2O. The van der Waals surface area contributed by atoms with Crippen LogP contribution in [0.5, 0.6) is 5.88 Å². The van der Waals surface area contributed by atoms with Gasteiger partial charge in [0.15, 0.2) is 0 Å². The quantitative estimate of drug-likeness (QED) is 0.743. The molecule has 0 atom stereocenters. The lowest BCUT2D eigenvalue weighted by molar-refractivity contribution is -0.136. The second-order valence-electron chi connectivity index (χ2n) is 4.70. The molecule has 20 heavy (non-hydrogen) atoms. The minimum atomic E-state index is -4.13. The number of halogens is 3. The summed E-state index contributed by atoms with van der Waals surface area (Å²) < 4.78 is 41.3. The molecule has 1 aromatic rings. The lowest BCUT2D eigenvalue weighted by atomic mass is 10.2. The normalized spacial score (nSPS) is 11.7. The summed E-state index contributed by atoms with van der Waals surface area (Å²) in [6.07, 6.45) is -3.96. The fraction of sp³-hybridized carbons (Fsp3) is 0.643. The summed E-state index contributed by atoms with van der Waals surface area (Å²) in [5, 5.41) is 3.26. The van der Waals surface area contributed by atoms with Crippen molar-refractivity contribution in [2.45, 2.75) is 45.8 Å². The van der Waals surface area contributed by atoms with E-state index in [0.29, 0.717) is 12.4 Å². The van der Waals surface area contributed by atoms with Crippen molar-refractivity contribution in [3.05, 3.63) is 23.4 Å². The molecule has 0 radical (unpaired) electrons. The fourth-order valence-corrected chi connectivity index (χ4v) is 1.74. The molecule has 1 N–H and O–H groups in total. The van der Waals surface area contributed by atoms with Gasteiger partial charge >= 0.3 is 6.18 Å². The third kappa shape index (κ3) is 7.33. The molecule has 0 aliphatic rings. The number of ether oxygens (including phenoxy) is 1. The number of pyridine rings is 1. The minimum absolute atomic E-state index is 0.0256. The van der Waals surface area contributed by atoms with Crippen LogP contribution in [-0.4, -0.2) is 24.3 Å². The van der Waals surface area contributed by atoms with E-state index in [9.17, 15) is 13.2 Å². The van der Waals surface area contributed by atoms with Crippen molar-refractivity contribution in [2.24, 2.45) is 0 Å². The van der Waals surface area contributed by atoms with E-state index in [2.05, 4.69) is 17.2 Å². The van der Waals surface area contributed by atoms with E-state index in [1.165, 1.54) is 0 Å². The first-order valence-electron chi connectivity index (χ1n) is 6.78. The summed E-state index contributed by atoms with van der Waals surface area (Å²) in [7, 11) is 0. The highest BCUT2D eigenvalue weighted by Crippen LogP contribution is 2.21. The number of nitrogens with zero attached hydrogens (tertiary/aromatic N) is 1. The van der Waals surface area contributed by atoms with Crippen LogP contribution in [0, 0.1) is 6.92 Å². The third-order valence-corrected chi connectivity index (χ3v) is 2.60. The Morgan fingerprint density at radius 1 is 1.30 bits per heavy atom. The van der Waals surface area contributed by atoms with Crippen LogP contribution in [0.15, 0.2) is 12.1 Å². The van der Waals surface area contributed by atoms with E-state index in [1.807, 2.05) is 13.0 Å². The molecule has 0 aliphatic carbocycles.